The molecule has 0 aromatic rings. The second kappa shape index (κ2) is 36.5. The Kier molecular flexibility index (Phi) is 34.1. The van der Waals surface area contributed by atoms with Crippen LogP contribution in [0.1, 0.15) is 104 Å². The van der Waals surface area contributed by atoms with E-state index < -0.39 is 32.5 Å². The van der Waals surface area contributed by atoms with Crippen molar-refractivity contribution in [3.8, 4) is 0 Å². The monoisotopic (exact) mass is 729 g/mol. The van der Waals surface area contributed by atoms with Gasteiger partial charge in [-0.25, -0.2) is 4.57 Å². The van der Waals surface area contributed by atoms with E-state index in [-0.39, 0.29) is 32.6 Å². The molecule has 0 radical (unpaired) electrons. The zero-order valence-corrected chi connectivity index (χ0v) is 31.9. The normalized spacial score (nSPS) is 14.7. The lowest BCUT2D eigenvalue weighted by atomic mass is 10.1. The molecule has 0 bridgehead atoms. The molecule has 0 aliphatic carbocycles. The van der Waals surface area contributed by atoms with E-state index in [1.807, 2.05) is 79.0 Å². The third-order valence-electron chi connectivity index (χ3n) is 6.88. The second-order valence-corrected chi connectivity index (χ2v) is 13.0. The van der Waals surface area contributed by atoms with Gasteiger partial charge in [0.1, 0.15) is 6.61 Å². The van der Waals surface area contributed by atoms with Gasteiger partial charge in [-0.15, -0.1) is 0 Å². The Labute approximate surface area is 308 Å². The molecule has 0 aromatic heterocycles. The van der Waals surface area contributed by atoms with Gasteiger partial charge in [0, 0.05) is 19.4 Å². The summed E-state index contributed by atoms with van der Waals surface area (Å²) in [4.78, 5) is 34.7. The second-order valence-electron chi connectivity index (χ2n) is 11.5. The molecule has 51 heavy (non-hydrogen) atoms. The van der Waals surface area contributed by atoms with Gasteiger partial charge in [0.05, 0.1) is 13.2 Å². The number of carbonyl (C=O) groups excluding carboxylic acids is 2. The van der Waals surface area contributed by atoms with Crippen LogP contribution in [0.3, 0.4) is 0 Å². The van der Waals surface area contributed by atoms with Crippen molar-refractivity contribution < 1.29 is 37.6 Å². The van der Waals surface area contributed by atoms with Crippen LogP contribution in [0.15, 0.2) is 109 Å². The molecule has 9 nitrogen and oxygen atoms in total. The van der Waals surface area contributed by atoms with Gasteiger partial charge in [-0.3, -0.25) is 18.6 Å². The number of ether oxygens (including phenoxy) is 2. The molecular formula is C41H64NO8P. The quantitative estimate of drug-likeness (QED) is 0.0300. The number of nitrogens with two attached hydrogens (primary N) is 1. The van der Waals surface area contributed by atoms with Gasteiger partial charge in [-0.2, -0.15) is 0 Å². The van der Waals surface area contributed by atoms with E-state index in [1.165, 1.54) is 0 Å². The Hall–Kier alpha value is -3.33. The number of phosphoric ester groups is 1. The Morgan fingerprint density at radius 2 is 1.02 bits per heavy atom. The summed E-state index contributed by atoms with van der Waals surface area (Å²) >= 11 is 0. The van der Waals surface area contributed by atoms with E-state index in [1.54, 1.807) is 0 Å². The van der Waals surface area contributed by atoms with Crippen molar-refractivity contribution in [2.75, 3.05) is 26.4 Å². The highest BCUT2D eigenvalue weighted by atomic mass is 31.2. The fourth-order valence-corrected chi connectivity index (χ4v) is 4.96. The van der Waals surface area contributed by atoms with Crippen molar-refractivity contribution in [2.45, 2.75) is 110 Å². The summed E-state index contributed by atoms with van der Waals surface area (Å²) in [6, 6.07) is 0. The molecule has 10 heteroatoms. The van der Waals surface area contributed by atoms with Gasteiger partial charge in [-0.05, 0) is 51.4 Å². The molecule has 2 unspecified atom stereocenters. The van der Waals surface area contributed by atoms with Crippen LogP contribution in [0.5, 0.6) is 0 Å². The van der Waals surface area contributed by atoms with E-state index in [2.05, 4.69) is 44.2 Å². The summed E-state index contributed by atoms with van der Waals surface area (Å²) in [7, 11) is -4.40. The van der Waals surface area contributed by atoms with E-state index in [0.717, 1.165) is 64.2 Å². The minimum Gasteiger partial charge on any atom is -0.462 e. The number of carbonyl (C=O) groups is 2. The smallest absolute Gasteiger partial charge is 0.462 e. The average molecular weight is 730 g/mol. The highest BCUT2D eigenvalue weighted by Crippen LogP contribution is 2.43. The lowest BCUT2D eigenvalue weighted by Crippen LogP contribution is -2.29. The van der Waals surface area contributed by atoms with E-state index >= 15 is 0 Å². The number of unbranched alkanes of at least 4 members (excludes halogenated alkanes) is 8. The van der Waals surface area contributed by atoms with Crippen LogP contribution in [0.2, 0.25) is 0 Å². The Morgan fingerprint density at radius 3 is 1.53 bits per heavy atom. The van der Waals surface area contributed by atoms with Crippen LogP contribution in [0, 0.1) is 0 Å². The molecule has 0 rings (SSSR count). The first-order chi connectivity index (χ1) is 24.8. The first-order valence-corrected chi connectivity index (χ1v) is 20.0. The minimum atomic E-state index is -4.40. The predicted molar refractivity (Wildman–Crippen MR) is 210 cm³/mol. The Bertz CT molecular complexity index is 1200. The van der Waals surface area contributed by atoms with Gasteiger partial charge in [0.25, 0.3) is 0 Å². The predicted octanol–water partition coefficient (Wildman–Crippen LogP) is 10.0. The highest BCUT2D eigenvalue weighted by Gasteiger charge is 2.25. The van der Waals surface area contributed by atoms with Crippen LogP contribution < -0.4 is 5.73 Å². The maximum atomic E-state index is 12.5. The number of rotatable bonds is 32. The van der Waals surface area contributed by atoms with E-state index in [4.69, 9.17) is 24.3 Å². The third kappa shape index (κ3) is 36.3. The lowest BCUT2D eigenvalue weighted by molar-refractivity contribution is -0.161. The van der Waals surface area contributed by atoms with Crippen LogP contribution in [-0.4, -0.2) is 49.3 Å². The van der Waals surface area contributed by atoms with Crippen LogP contribution in [0.4, 0.5) is 0 Å². The van der Waals surface area contributed by atoms with Crippen molar-refractivity contribution in [2.24, 2.45) is 5.73 Å². The molecule has 3 N–H and O–H groups in total. The highest BCUT2D eigenvalue weighted by molar-refractivity contribution is 7.47. The topological polar surface area (TPSA) is 134 Å². The summed E-state index contributed by atoms with van der Waals surface area (Å²) in [6.45, 7) is 3.32. The fourth-order valence-electron chi connectivity index (χ4n) is 4.19. The van der Waals surface area contributed by atoms with Crippen LogP contribution in [0.25, 0.3) is 0 Å². The molecule has 0 spiro atoms. The summed E-state index contributed by atoms with van der Waals surface area (Å²) in [6.07, 6.45) is 46.9. The molecule has 0 aromatic carbocycles. The zero-order chi connectivity index (χ0) is 37.5. The molecule has 0 heterocycles. The summed E-state index contributed by atoms with van der Waals surface area (Å²) in [5, 5.41) is 0. The Morgan fingerprint density at radius 1 is 0.588 bits per heavy atom. The molecular weight excluding hydrogens is 665 g/mol. The van der Waals surface area contributed by atoms with Crippen molar-refractivity contribution in [3.63, 3.8) is 0 Å². The number of allylic oxidation sites excluding steroid dienone is 18. The molecule has 0 aliphatic heterocycles. The first kappa shape index (κ1) is 47.7. The molecule has 286 valence electrons. The number of esters is 2. The summed E-state index contributed by atoms with van der Waals surface area (Å²) in [5.74, 6) is -0.921. The van der Waals surface area contributed by atoms with Crippen LogP contribution >= 0.6 is 7.82 Å². The number of hydrogen-bond donors (Lipinski definition) is 2. The standard InChI is InChI=1S/C41H64NO8P/c1-3-5-7-9-11-13-15-17-18-19-20-22-23-25-27-29-31-33-40(43)47-37-39(38-49-51(45,46)48-36-35-42)50-41(44)34-32-30-28-26-24-21-16-14-12-10-8-6-4-2/h5-20,22-23,39H,3-4,21,24-38,42H2,1-2H3,(H,45,46)/b7-5+,8-6+,11-9+,12-10+,15-13+,16-14+,18-17+,20-19+,23-22+. The molecule has 0 amide bonds. The maximum absolute atomic E-state index is 12.5. The van der Waals surface area contributed by atoms with E-state index in [9.17, 15) is 19.0 Å². The largest absolute Gasteiger partial charge is 0.472 e. The first-order valence-electron chi connectivity index (χ1n) is 18.5. The van der Waals surface area contributed by atoms with Crippen LogP contribution in [-0.2, 0) is 32.7 Å². The van der Waals surface area contributed by atoms with Crippen molar-refractivity contribution >= 4 is 19.8 Å². The molecule has 2 atom stereocenters. The maximum Gasteiger partial charge on any atom is 0.472 e. The zero-order valence-electron chi connectivity index (χ0n) is 31.0. The molecule has 0 aliphatic rings. The lowest BCUT2D eigenvalue weighted by Gasteiger charge is -2.19. The molecule has 0 saturated carbocycles. The van der Waals surface area contributed by atoms with Gasteiger partial charge in [-0.1, -0.05) is 149 Å². The fraction of sp³-hybridized carbons (Fsp3) is 0.512. The summed E-state index contributed by atoms with van der Waals surface area (Å²) < 4.78 is 32.6. The summed E-state index contributed by atoms with van der Waals surface area (Å²) in [5.41, 5.74) is 5.32. The number of hydrogen-bond acceptors (Lipinski definition) is 8. The number of phosphoric acid groups is 1. The van der Waals surface area contributed by atoms with E-state index in [0.29, 0.717) is 12.8 Å². The van der Waals surface area contributed by atoms with Crippen molar-refractivity contribution in [1.82, 2.24) is 0 Å². The van der Waals surface area contributed by atoms with Crippen molar-refractivity contribution in [1.29, 1.82) is 0 Å². The third-order valence-corrected chi connectivity index (χ3v) is 7.86. The Balaban J connectivity index is 4.40. The average Bonchev–Trinajstić information content (AvgIpc) is 3.11. The van der Waals surface area contributed by atoms with Gasteiger partial charge >= 0.3 is 19.8 Å². The SMILES string of the molecule is CC/C=C/C=C/C=C/C=C/C=C/C=C/CCCCCC(=O)OCC(COP(=O)(O)OCCN)OC(=O)CCCCCCC/C=C/C=C/C=C/CC. The van der Waals surface area contributed by atoms with Crippen molar-refractivity contribution in [3.05, 3.63) is 109 Å². The molecule has 0 fully saturated rings. The van der Waals surface area contributed by atoms with Gasteiger partial charge in [0.15, 0.2) is 6.10 Å². The minimum absolute atomic E-state index is 0.0359. The van der Waals surface area contributed by atoms with Gasteiger partial charge in [0.2, 0.25) is 0 Å². The molecule has 0 saturated heterocycles. The van der Waals surface area contributed by atoms with Gasteiger partial charge < -0.3 is 20.1 Å².